The number of fused-ring (bicyclic) bond motifs is 2. The number of pyridine rings is 3. The van der Waals surface area contributed by atoms with Gasteiger partial charge in [0.05, 0.1) is 41.9 Å². The smallest absolute Gasteiger partial charge is 0.137 e. The van der Waals surface area contributed by atoms with E-state index in [4.69, 9.17) is 9.72 Å². The summed E-state index contributed by atoms with van der Waals surface area (Å²) in [4.78, 5) is 19.5. The third-order valence-corrected chi connectivity index (χ3v) is 6.13. The number of H-pyrrole nitrogens is 2. The van der Waals surface area contributed by atoms with Crippen LogP contribution in [0, 0.1) is 0 Å². The molecule has 0 atom stereocenters. The van der Waals surface area contributed by atoms with Gasteiger partial charge in [-0.05, 0) is 43.5 Å². The van der Waals surface area contributed by atoms with Crippen molar-refractivity contribution < 1.29 is 4.74 Å². The van der Waals surface area contributed by atoms with E-state index in [1.165, 1.54) is 19.3 Å². The largest absolute Gasteiger partial charge is 0.495 e. The minimum atomic E-state index is 0.699. The summed E-state index contributed by atoms with van der Waals surface area (Å²) in [6.45, 7) is 2.11. The van der Waals surface area contributed by atoms with Crippen LogP contribution in [0.4, 0.5) is 5.82 Å². The number of hydrogen-bond acceptors (Lipinski definition) is 6. The van der Waals surface area contributed by atoms with Gasteiger partial charge in [-0.15, -0.1) is 0 Å². The first-order chi connectivity index (χ1) is 15.8. The van der Waals surface area contributed by atoms with Crippen LogP contribution in [-0.2, 0) is 0 Å². The van der Waals surface area contributed by atoms with Gasteiger partial charge >= 0.3 is 0 Å². The zero-order valence-electron chi connectivity index (χ0n) is 17.8. The summed E-state index contributed by atoms with van der Waals surface area (Å²) < 4.78 is 5.31. The van der Waals surface area contributed by atoms with Gasteiger partial charge in [0.15, 0.2) is 0 Å². The number of methoxy groups -OCH3 is 1. The van der Waals surface area contributed by atoms with Crippen LogP contribution in [0.3, 0.4) is 0 Å². The van der Waals surface area contributed by atoms with E-state index in [-0.39, 0.29) is 0 Å². The van der Waals surface area contributed by atoms with Gasteiger partial charge in [-0.3, -0.25) is 15.1 Å². The zero-order chi connectivity index (χ0) is 21.5. The summed E-state index contributed by atoms with van der Waals surface area (Å²) in [5, 5.41) is 9.84. The maximum Gasteiger partial charge on any atom is 0.137 e. The van der Waals surface area contributed by atoms with Crippen molar-refractivity contribution in [2.75, 3.05) is 25.1 Å². The molecule has 32 heavy (non-hydrogen) atoms. The molecule has 8 nitrogen and oxygen atoms in total. The van der Waals surface area contributed by atoms with Crippen LogP contribution >= 0.6 is 0 Å². The molecule has 1 aliphatic heterocycles. The first-order valence-corrected chi connectivity index (χ1v) is 10.9. The number of aromatic nitrogens is 6. The first-order valence-electron chi connectivity index (χ1n) is 10.9. The molecule has 0 saturated carbocycles. The van der Waals surface area contributed by atoms with Crippen molar-refractivity contribution in [2.45, 2.75) is 19.3 Å². The normalized spacial score (nSPS) is 14.3. The fourth-order valence-electron chi connectivity index (χ4n) is 4.47. The van der Waals surface area contributed by atoms with E-state index < -0.39 is 0 Å². The summed E-state index contributed by atoms with van der Waals surface area (Å²) in [6.07, 6.45) is 10.9. The number of aromatic amines is 2. The Morgan fingerprint density at radius 3 is 2.72 bits per heavy atom. The lowest BCUT2D eigenvalue weighted by atomic mass is 10.1. The summed E-state index contributed by atoms with van der Waals surface area (Å²) in [5.74, 6) is 1.75. The van der Waals surface area contributed by atoms with E-state index in [0.29, 0.717) is 5.75 Å². The third-order valence-electron chi connectivity index (χ3n) is 6.13. The van der Waals surface area contributed by atoms with Gasteiger partial charge in [0.1, 0.15) is 17.3 Å². The number of rotatable bonds is 4. The average Bonchev–Trinajstić information content (AvgIpc) is 3.48. The minimum Gasteiger partial charge on any atom is -0.495 e. The number of nitrogens with one attached hydrogen (secondary N) is 2. The van der Waals surface area contributed by atoms with Crippen molar-refractivity contribution in [3.8, 4) is 28.4 Å². The molecule has 0 bridgehead atoms. The lowest BCUT2D eigenvalue weighted by Gasteiger charge is -2.28. The molecule has 0 aromatic carbocycles. The Morgan fingerprint density at radius 2 is 1.84 bits per heavy atom. The molecule has 0 aliphatic carbocycles. The summed E-state index contributed by atoms with van der Waals surface area (Å²) in [6, 6.07) is 8.16. The monoisotopic (exact) mass is 425 g/mol. The Balaban J connectivity index is 1.45. The van der Waals surface area contributed by atoms with Crippen LogP contribution in [0.25, 0.3) is 44.5 Å². The number of piperidine rings is 1. The van der Waals surface area contributed by atoms with Gasteiger partial charge < -0.3 is 14.6 Å². The van der Waals surface area contributed by atoms with Gasteiger partial charge in [-0.25, -0.2) is 4.98 Å². The Morgan fingerprint density at radius 1 is 0.938 bits per heavy atom. The molecule has 2 N–H and O–H groups in total. The van der Waals surface area contributed by atoms with Gasteiger partial charge in [0.2, 0.25) is 0 Å². The molecule has 8 heteroatoms. The average molecular weight is 425 g/mol. The second-order valence-electron chi connectivity index (χ2n) is 8.13. The maximum absolute atomic E-state index is 5.31. The van der Waals surface area contributed by atoms with Crippen LogP contribution < -0.4 is 9.64 Å². The highest BCUT2D eigenvalue weighted by Gasteiger charge is 2.18. The minimum absolute atomic E-state index is 0.699. The summed E-state index contributed by atoms with van der Waals surface area (Å²) >= 11 is 0. The van der Waals surface area contributed by atoms with Crippen molar-refractivity contribution in [1.82, 2.24) is 30.1 Å². The molecule has 1 fully saturated rings. The highest BCUT2D eigenvalue weighted by molar-refractivity contribution is 5.99. The number of ether oxygens (including phenoxy) is 1. The summed E-state index contributed by atoms with van der Waals surface area (Å²) in [5.41, 5.74) is 5.48. The molecule has 6 rings (SSSR count). The second-order valence-corrected chi connectivity index (χ2v) is 8.13. The molecular weight excluding hydrogens is 402 g/mol. The maximum atomic E-state index is 5.31. The number of anilines is 1. The standard InChI is InChI=1S/C24H23N7O/c1-32-16-9-15(12-25-13-16)20-10-17-22(14-27-20)29-30-23(17)21-11-18-19(28-21)5-6-26-24(18)31-7-3-2-4-8-31/h5-6,9-14,28H,2-4,7-8H2,1H3,(H,29,30). The lowest BCUT2D eigenvalue weighted by molar-refractivity contribution is 0.413. The van der Waals surface area contributed by atoms with E-state index in [0.717, 1.165) is 63.4 Å². The Bertz CT molecular complexity index is 1410. The molecule has 0 unspecified atom stereocenters. The van der Waals surface area contributed by atoms with E-state index in [9.17, 15) is 0 Å². The molecule has 5 aromatic heterocycles. The second kappa shape index (κ2) is 7.64. The molecule has 1 aliphatic rings. The van der Waals surface area contributed by atoms with E-state index in [1.54, 1.807) is 19.5 Å². The zero-order valence-corrected chi connectivity index (χ0v) is 17.8. The van der Waals surface area contributed by atoms with Crippen molar-refractivity contribution in [1.29, 1.82) is 0 Å². The molecule has 160 valence electrons. The van der Waals surface area contributed by atoms with Crippen molar-refractivity contribution in [2.24, 2.45) is 0 Å². The number of hydrogen-bond donors (Lipinski definition) is 2. The topological polar surface area (TPSA) is 95.6 Å². The van der Waals surface area contributed by atoms with Crippen LogP contribution in [0.1, 0.15) is 19.3 Å². The number of nitrogens with zero attached hydrogens (tertiary/aromatic N) is 5. The summed E-state index contributed by atoms with van der Waals surface area (Å²) in [7, 11) is 1.63. The van der Waals surface area contributed by atoms with Gasteiger partial charge in [0, 0.05) is 41.8 Å². The van der Waals surface area contributed by atoms with E-state index in [2.05, 4.69) is 36.1 Å². The molecule has 1 saturated heterocycles. The Kier molecular flexibility index (Phi) is 4.49. The first kappa shape index (κ1) is 18.8. The van der Waals surface area contributed by atoms with Crippen molar-refractivity contribution in [3.05, 3.63) is 49.1 Å². The fourth-order valence-corrected chi connectivity index (χ4v) is 4.47. The van der Waals surface area contributed by atoms with Crippen molar-refractivity contribution in [3.63, 3.8) is 0 Å². The highest BCUT2D eigenvalue weighted by atomic mass is 16.5. The molecule has 0 spiro atoms. The molecule has 0 amide bonds. The van der Waals surface area contributed by atoms with Gasteiger partial charge in [0.25, 0.3) is 0 Å². The van der Waals surface area contributed by atoms with Gasteiger partial charge in [-0.1, -0.05) is 0 Å². The molecular formula is C24H23N7O. The predicted octanol–water partition coefficient (Wildman–Crippen LogP) is 4.56. The van der Waals surface area contributed by atoms with E-state index >= 15 is 0 Å². The predicted molar refractivity (Wildman–Crippen MR) is 125 cm³/mol. The van der Waals surface area contributed by atoms with Gasteiger partial charge in [-0.2, -0.15) is 5.10 Å². The van der Waals surface area contributed by atoms with Crippen LogP contribution in [-0.4, -0.2) is 50.3 Å². The quantitative estimate of drug-likeness (QED) is 0.438. The highest BCUT2D eigenvalue weighted by Crippen LogP contribution is 2.34. The van der Waals surface area contributed by atoms with Crippen LogP contribution in [0.5, 0.6) is 5.75 Å². The SMILES string of the molecule is COc1cncc(-c2cc3c(-c4cc5c(N6CCCCC6)nccc5[nH]4)n[nH]c3cn2)c1. The third kappa shape index (κ3) is 3.15. The van der Waals surface area contributed by atoms with E-state index in [1.807, 2.05) is 30.6 Å². The molecule has 5 aromatic rings. The van der Waals surface area contributed by atoms with Crippen molar-refractivity contribution >= 4 is 27.6 Å². The van der Waals surface area contributed by atoms with Crippen LogP contribution in [0.2, 0.25) is 0 Å². The molecule has 6 heterocycles. The Labute approximate surface area is 184 Å². The molecule has 0 radical (unpaired) electrons. The Hall–Kier alpha value is -3.94. The lowest BCUT2D eigenvalue weighted by Crippen LogP contribution is -2.30. The van der Waals surface area contributed by atoms with Crippen LogP contribution in [0.15, 0.2) is 49.1 Å². The fraction of sp³-hybridized carbons (Fsp3) is 0.250.